The van der Waals surface area contributed by atoms with Crippen LogP contribution in [0.5, 0.6) is 11.5 Å². The van der Waals surface area contributed by atoms with Gasteiger partial charge in [-0.05, 0) is 78.7 Å². The summed E-state index contributed by atoms with van der Waals surface area (Å²) in [6.07, 6.45) is 0. The maximum atomic E-state index is 13.8. The number of nitrogen functional groups attached to an aromatic ring is 1. The van der Waals surface area contributed by atoms with Gasteiger partial charge in [0.1, 0.15) is 0 Å². The number of anilines is 3. The molecule has 0 radical (unpaired) electrons. The third kappa shape index (κ3) is 11.2. The largest absolute Gasteiger partial charge is 0.503 e. The van der Waals surface area contributed by atoms with Gasteiger partial charge in [-0.1, -0.05) is 52.8 Å². The maximum absolute atomic E-state index is 13.8. The summed E-state index contributed by atoms with van der Waals surface area (Å²) in [5.41, 5.74) is 7.43. The number of nitrogens with one attached hydrogen (secondary N) is 2. The first-order valence-electron chi connectivity index (χ1n) is 16.7. The maximum Gasteiger partial charge on any atom is 0.274 e. The molecule has 0 saturated carbocycles. The molecular weight excluding hydrogens is 818 g/mol. The quantitative estimate of drug-likeness (QED) is 0.0316. The van der Waals surface area contributed by atoms with E-state index >= 15 is 0 Å². The van der Waals surface area contributed by atoms with Crippen LogP contribution in [0, 0.1) is 48.9 Å². The van der Waals surface area contributed by atoms with Crippen LogP contribution in [-0.2, 0) is 13.1 Å². The van der Waals surface area contributed by atoms with Crippen molar-refractivity contribution in [3.8, 4) is 11.5 Å². The van der Waals surface area contributed by atoms with E-state index in [4.69, 9.17) is 17.3 Å². The van der Waals surface area contributed by atoms with Crippen LogP contribution in [0.25, 0.3) is 0 Å². The van der Waals surface area contributed by atoms with Crippen molar-refractivity contribution in [2.45, 2.75) is 39.6 Å². The van der Waals surface area contributed by atoms with Crippen LogP contribution >= 0.6 is 35.1 Å². The van der Waals surface area contributed by atoms with Gasteiger partial charge in [0, 0.05) is 67.6 Å². The fourth-order valence-corrected chi connectivity index (χ4v) is 7.12. The van der Waals surface area contributed by atoms with Crippen molar-refractivity contribution in [3.63, 3.8) is 0 Å². The molecule has 6 rings (SSSR count). The number of rotatable bonds is 13. The number of phenolic OH excluding ortho intramolecular Hbond substituents is 2. The molecule has 0 aromatic heterocycles. The number of phenols is 2. The van der Waals surface area contributed by atoms with Gasteiger partial charge in [0.2, 0.25) is 0 Å². The highest BCUT2D eigenvalue weighted by molar-refractivity contribution is 7.99. The number of benzene rings is 6. The predicted molar refractivity (Wildman–Crippen MR) is 219 cm³/mol. The summed E-state index contributed by atoms with van der Waals surface area (Å²) in [4.78, 5) is 34.5. The summed E-state index contributed by atoms with van der Waals surface area (Å²) in [7, 11) is 0. The second kappa shape index (κ2) is 19.0. The zero-order valence-electron chi connectivity index (χ0n) is 30.0. The van der Waals surface area contributed by atoms with Crippen LogP contribution in [-0.4, -0.2) is 25.0 Å². The standard InChI is InChI=1S/C20H16FN3O5S.C19H15ClFN3O3S/c1-12-2-5-16(6-3-12)30-19-7-4-14(23(26)27)8-13(19)11-22-18-10-15(24(28)29)9-17(21)20(18)25;20-12-1-4-15(5-2-12)28-18-6-3-13(22)7-11(18)10-23-17-9-14(24(26)27)8-16(21)19(17)25/h2-10,22,25H,11H2,1H3;1-9,23,25H,10,22H2. The van der Waals surface area contributed by atoms with Gasteiger partial charge in [-0.2, -0.15) is 0 Å². The van der Waals surface area contributed by atoms with E-state index in [2.05, 4.69) is 10.6 Å². The lowest BCUT2D eigenvalue weighted by Crippen LogP contribution is -2.04. The Hall–Kier alpha value is -6.63. The summed E-state index contributed by atoms with van der Waals surface area (Å²) >= 11 is 8.78. The van der Waals surface area contributed by atoms with Crippen molar-refractivity contribution >= 4 is 69.2 Å². The minimum atomic E-state index is -1.14. The minimum absolute atomic E-state index is 0.0238. The monoisotopic (exact) mass is 848 g/mol. The Morgan fingerprint density at radius 1 is 0.621 bits per heavy atom. The molecule has 0 fully saturated rings. The van der Waals surface area contributed by atoms with Crippen LogP contribution in [0.15, 0.2) is 129 Å². The summed E-state index contributed by atoms with van der Waals surface area (Å²) < 4.78 is 27.6. The van der Waals surface area contributed by atoms with E-state index < -0.39 is 49.3 Å². The van der Waals surface area contributed by atoms with Crippen LogP contribution < -0.4 is 16.4 Å². The van der Waals surface area contributed by atoms with E-state index in [0.717, 1.165) is 37.9 Å². The van der Waals surface area contributed by atoms with Crippen molar-refractivity contribution in [1.29, 1.82) is 0 Å². The molecular formula is C39H31ClF2N6O8S2. The number of non-ortho nitro benzene ring substituents is 3. The van der Waals surface area contributed by atoms with Gasteiger partial charge < -0.3 is 26.6 Å². The van der Waals surface area contributed by atoms with E-state index in [1.54, 1.807) is 30.3 Å². The lowest BCUT2D eigenvalue weighted by Gasteiger charge is -2.13. The van der Waals surface area contributed by atoms with Gasteiger partial charge in [0.15, 0.2) is 23.1 Å². The molecule has 298 valence electrons. The molecule has 0 amide bonds. The Morgan fingerprint density at radius 3 is 1.52 bits per heavy atom. The number of hydrogen-bond donors (Lipinski definition) is 5. The summed E-state index contributed by atoms with van der Waals surface area (Å²) in [5, 5.41) is 59.0. The predicted octanol–water partition coefficient (Wildman–Crippen LogP) is 10.9. The smallest absolute Gasteiger partial charge is 0.274 e. The zero-order valence-corrected chi connectivity index (χ0v) is 32.4. The van der Waals surface area contributed by atoms with Gasteiger partial charge in [-0.3, -0.25) is 30.3 Å². The van der Waals surface area contributed by atoms with E-state index in [0.29, 0.717) is 33.3 Å². The number of aromatic hydroxyl groups is 2. The molecule has 0 atom stereocenters. The SMILES string of the molecule is Cc1ccc(Sc2ccc([N+](=O)[O-])cc2CNc2cc([N+](=O)[O-])cc(F)c2O)cc1.Nc1ccc(Sc2ccc(Cl)cc2)c(CNc2cc([N+](=O)[O-])cc(F)c2O)c1. The van der Waals surface area contributed by atoms with E-state index in [1.165, 1.54) is 35.7 Å². The second-order valence-corrected chi connectivity index (χ2v) is 14.9. The molecule has 58 heavy (non-hydrogen) atoms. The van der Waals surface area contributed by atoms with E-state index in [1.807, 2.05) is 49.4 Å². The van der Waals surface area contributed by atoms with Crippen LogP contribution in [0.4, 0.5) is 42.9 Å². The molecule has 14 nitrogen and oxygen atoms in total. The fraction of sp³-hybridized carbons (Fsp3) is 0.0769. The lowest BCUT2D eigenvalue weighted by molar-refractivity contribution is -0.385. The molecule has 0 bridgehead atoms. The number of nitrogens with two attached hydrogens (primary N) is 1. The molecule has 0 spiro atoms. The Kier molecular flexibility index (Phi) is 13.9. The van der Waals surface area contributed by atoms with E-state index in [9.17, 15) is 49.3 Å². The highest BCUT2D eigenvalue weighted by Gasteiger charge is 2.19. The third-order valence-corrected chi connectivity index (χ3v) is 10.6. The Balaban J connectivity index is 0.000000221. The molecule has 0 unspecified atom stereocenters. The number of hydrogen-bond acceptors (Lipinski definition) is 13. The van der Waals surface area contributed by atoms with Crippen molar-refractivity contribution in [1.82, 2.24) is 0 Å². The number of nitro benzene ring substituents is 3. The number of aryl methyl sites for hydroxylation is 1. The zero-order chi connectivity index (χ0) is 42.1. The van der Waals surface area contributed by atoms with Crippen molar-refractivity contribution in [2.24, 2.45) is 0 Å². The first kappa shape index (κ1) is 42.5. The van der Waals surface area contributed by atoms with Crippen LogP contribution in [0.2, 0.25) is 5.02 Å². The Bertz CT molecular complexity index is 2500. The topological polar surface area (TPSA) is 220 Å². The third-order valence-electron chi connectivity index (χ3n) is 8.09. The normalized spacial score (nSPS) is 10.6. The average molecular weight is 849 g/mol. The molecule has 0 heterocycles. The molecule has 6 aromatic carbocycles. The first-order chi connectivity index (χ1) is 27.6. The summed E-state index contributed by atoms with van der Waals surface area (Å²) in [6, 6.07) is 28.1. The molecule has 0 saturated heterocycles. The lowest BCUT2D eigenvalue weighted by atomic mass is 10.2. The molecule has 19 heteroatoms. The molecule has 0 aliphatic rings. The van der Waals surface area contributed by atoms with Crippen molar-refractivity contribution in [2.75, 3.05) is 16.4 Å². The number of nitro groups is 3. The number of halogens is 3. The van der Waals surface area contributed by atoms with Gasteiger partial charge in [0.25, 0.3) is 17.1 Å². The summed E-state index contributed by atoms with van der Waals surface area (Å²) in [6.45, 7) is 2.11. The first-order valence-corrected chi connectivity index (χ1v) is 18.7. The van der Waals surface area contributed by atoms with Gasteiger partial charge in [-0.15, -0.1) is 0 Å². The highest BCUT2D eigenvalue weighted by Crippen LogP contribution is 2.37. The Labute approximate surface area is 342 Å². The van der Waals surface area contributed by atoms with Crippen molar-refractivity contribution in [3.05, 3.63) is 173 Å². The van der Waals surface area contributed by atoms with Crippen molar-refractivity contribution < 1.29 is 33.8 Å². The van der Waals surface area contributed by atoms with Crippen LogP contribution in [0.3, 0.4) is 0 Å². The van der Waals surface area contributed by atoms with E-state index in [-0.39, 0.29) is 30.2 Å². The molecule has 6 aromatic rings. The second-order valence-electron chi connectivity index (χ2n) is 12.3. The average Bonchev–Trinajstić information content (AvgIpc) is 3.18. The summed E-state index contributed by atoms with van der Waals surface area (Å²) in [5.74, 6) is -3.65. The van der Waals surface area contributed by atoms with Gasteiger partial charge in [-0.25, -0.2) is 8.78 Å². The minimum Gasteiger partial charge on any atom is -0.503 e. The molecule has 0 aliphatic heterocycles. The van der Waals surface area contributed by atoms with Crippen LogP contribution in [0.1, 0.15) is 16.7 Å². The Morgan fingerprint density at radius 2 is 1.05 bits per heavy atom. The highest BCUT2D eigenvalue weighted by atomic mass is 35.5. The van der Waals surface area contributed by atoms with Gasteiger partial charge >= 0.3 is 0 Å². The molecule has 6 N–H and O–H groups in total. The fourth-order valence-electron chi connectivity index (χ4n) is 5.15. The number of nitrogens with zero attached hydrogens (tertiary/aromatic N) is 3. The van der Waals surface area contributed by atoms with Gasteiger partial charge in [0.05, 0.1) is 38.3 Å². The molecule has 0 aliphatic carbocycles.